The van der Waals surface area contributed by atoms with E-state index in [-0.39, 0.29) is 18.5 Å². The van der Waals surface area contributed by atoms with Gasteiger partial charge in [-0.2, -0.15) is 5.48 Å². The molecule has 0 aromatic rings. The maximum atomic E-state index is 12.3. The van der Waals surface area contributed by atoms with Crippen molar-refractivity contribution in [2.45, 2.75) is 76.5 Å². The summed E-state index contributed by atoms with van der Waals surface area (Å²) in [6, 6.07) is 0.818. The maximum absolute atomic E-state index is 12.3. The first-order valence-corrected chi connectivity index (χ1v) is 11.1. The lowest BCUT2D eigenvalue weighted by Gasteiger charge is -2.36. The number of piperidine rings is 2. The predicted molar refractivity (Wildman–Crippen MR) is 108 cm³/mol. The smallest absolute Gasteiger partial charge is 0.410 e. The summed E-state index contributed by atoms with van der Waals surface area (Å²) in [5.74, 6) is 0.920. The van der Waals surface area contributed by atoms with Crippen LogP contribution in [0.5, 0.6) is 0 Å². The largest absolute Gasteiger partial charge is 0.444 e. The van der Waals surface area contributed by atoms with Crippen molar-refractivity contribution < 1.29 is 19.1 Å². The maximum Gasteiger partial charge on any atom is 0.410 e. The quantitative estimate of drug-likeness (QED) is 0.540. The molecule has 0 aromatic carbocycles. The normalized spacial score (nSPS) is 37.1. The Balaban J connectivity index is 1.22. The molecule has 5 unspecified atom stereocenters. The highest BCUT2D eigenvalue weighted by Crippen LogP contribution is 2.28. The third-order valence-corrected chi connectivity index (χ3v) is 6.47. The van der Waals surface area contributed by atoms with Crippen LogP contribution in [-0.2, 0) is 14.3 Å². The molecule has 0 spiro atoms. The first kappa shape index (κ1) is 21.3. The van der Waals surface area contributed by atoms with Gasteiger partial charge in [0.1, 0.15) is 11.8 Å². The fourth-order valence-corrected chi connectivity index (χ4v) is 4.83. The van der Waals surface area contributed by atoms with Crippen LogP contribution >= 0.6 is 0 Å². The van der Waals surface area contributed by atoms with Gasteiger partial charge in [0.05, 0.1) is 19.5 Å². The number of carbonyl (C=O) groups excluding carboxylic acids is 1. The van der Waals surface area contributed by atoms with Crippen LogP contribution in [0.4, 0.5) is 4.79 Å². The number of carbonyl (C=O) groups is 1. The molecular formula is C20H37N5O4. The van der Waals surface area contributed by atoms with Crippen molar-refractivity contribution in [3.8, 4) is 0 Å². The number of hydrogen-bond donors (Lipinski definition) is 4. The summed E-state index contributed by atoms with van der Waals surface area (Å²) in [4.78, 5) is 20.1. The van der Waals surface area contributed by atoms with Gasteiger partial charge >= 0.3 is 6.09 Å². The molecule has 4 N–H and O–H groups in total. The Hall–Kier alpha value is -0.970. The van der Waals surface area contributed by atoms with Crippen molar-refractivity contribution in [1.82, 2.24) is 26.3 Å². The summed E-state index contributed by atoms with van der Waals surface area (Å²) in [7, 11) is 0. The van der Waals surface area contributed by atoms with Gasteiger partial charge in [-0.25, -0.2) is 4.79 Å². The van der Waals surface area contributed by atoms with Crippen LogP contribution in [0.15, 0.2) is 0 Å². The summed E-state index contributed by atoms with van der Waals surface area (Å²) >= 11 is 0. The number of hydroxylamine groups is 1. The van der Waals surface area contributed by atoms with E-state index in [1.807, 2.05) is 25.7 Å². The van der Waals surface area contributed by atoms with Gasteiger partial charge in [0.2, 0.25) is 0 Å². The van der Waals surface area contributed by atoms with Gasteiger partial charge in [0.25, 0.3) is 0 Å². The second-order valence-corrected chi connectivity index (χ2v) is 9.78. The van der Waals surface area contributed by atoms with Crippen LogP contribution < -0.4 is 21.4 Å². The SMILES string of the molecule is CC(C)(C)OC(=O)N1CCC(C2NOC(C3CCNC(C4COCN4)C3)N2)CC1. The molecule has 4 aliphatic rings. The van der Waals surface area contributed by atoms with E-state index in [1.165, 1.54) is 0 Å². The number of ether oxygens (including phenoxy) is 2. The van der Waals surface area contributed by atoms with E-state index in [0.717, 1.165) is 51.9 Å². The van der Waals surface area contributed by atoms with Gasteiger partial charge in [-0.1, -0.05) is 0 Å². The summed E-state index contributed by atoms with van der Waals surface area (Å²) < 4.78 is 11.0. The summed E-state index contributed by atoms with van der Waals surface area (Å²) in [5, 5.41) is 10.7. The van der Waals surface area contributed by atoms with Crippen LogP contribution in [0, 0.1) is 11.8 Å². The fraction of sp³-hybridized carbons (Fsp3) is 0.950. The molecule has 5 atom stereocenters. The van der Waals surface area contributed by atoms with Crippen LogP contribution in [0.1, 0.15) is 46.5 Å². The van der Waals surface area contributed by atoms with E-state index in [9.17, 15) is 4.79 Å². The van der Waals surface area contributed by atoms with Crippen molar-refractivity contribution in [1.29, 1.82) is 0 Å². The fourth-order valence-electron chi connectivity index (χ4n) is 4.83. The second kappa shape index (κ2) is 9.03. The number of nitrogens with zero attached hydrogens (tertiary/aromatic N) is 1. The molecule has 0 radical (unpaired) electrons. The molecular weight excluding hydrogens is 374 g/mol. The molecule has 0 aliphatic carbocycles. The van der Waals surface area contributed by atoms with Gasteiger partial charge in [-0.3, -0.25) is 15.5 Å². The van der Waals surface area contributed by atoms with E-state index in [1.54, 1.807) is 0 Å². The van der Waals surface area contributed by atoms with E-state index < -0.39 is 5.60 Å². The third kappa shape index (κ3) is 5.39. The Labute approximate surface area is 173 Å². The zero-order valence-electron chi connectivity index (χ0n) is 17.9. The Morgan fingerprint density at radius 3 is 2.55 bits per heavy atom. The van der Waals surface area contributed by atoms with Gasteiger partial charge < -0.3 is 19.7 Å². The molecule has 4 fully saturated rings. The Kier molecular flexibility index (Phi) is 6.62. The highest BCUT2D eigenvalue weighted by atomic mass is 16.7. The average Bonchev–Trinajstić information content (AvgIpc) is 3.39. The topological polar surface area (TPSA) is 96.1 Å². The lowest BCUT2D eigenvalue weighted by Crippen LogP contribution is -2.54. The molecule has 9 heteroatoms. The number of amides is 1. The van der Waals surface area contributed by atoms with Gasteiger partial charge in [0.15, 0.2) is 0 Å². The molecule has 1 amide bonds. The van der Waals surface area contributed by atoms with E-state index >= 15 is 0 Å². The zero-order valence-corrected chi connectivity index (χ0v) is 17.9. The molecule has 29 heavy (non-hydrogen) atoms. The van der Waals surface area contributed by atoms with Crippen LogP contribution in [0.3, 0.4) is 0 Å². The zero-order chi connectivity index (χ0) is 20.4. The Morgan fingerprint density at radius 1 is 1.07 bits per heavy atom. The second-order valence-electron chi connectivity index (χ2n) is 9.78. The summed E-state index contributed by atoms with van der Waals surface area (Å²) in [6.07, 6.45) is 4.04. The minimum atomic E-state index is -0.448. The van der Waals surface area contributed by atoms with Crippen LogP contribution in [-0.4, -0.2) is 74.0 Å². The van der Waals surface area contributed by atoms with Gasteiger partial charge in [-0.15, -0.1) is 0 Å². The Morgan fingerprint density at radius 2 is 1.86 bits per heavy atom. The molecule has 4 aliphatic heterocycles. The first-order chi connectivity index (χ1) is 13.9. The van der Waals surface area contributed by atoms with Gasteiger partial charge in [-0.05, 0) is 58.9 Å². The molecule has 4 saturated heterocycles. The minimum absolute atomic E-state index is 0.0378. The standard InChI is InChI=1S/C20H37N5O4/c1-20(2,3)28-19(26)25-8-5-13(6-9-25)17-23-18(29-24-17)14-4-7-21-15(10-14)16-11-27-12-22-16/h13-18,21-24H,4-12H2,1-3H3. The average molecular weight is 412 g/mol. The third-order valence-electron chi connectivity index (χ3n) is 6.47. The van der Waals surface area contributed by atoms with Crippen molar-refractivity contribution in [2.75, 3.05) is 33.0 Å². The molecule has 4 heterocycles. The van der Waals surface area contributed by atoms with E-state index in [2.05, 4.69) is 21.4 Å². The van der Waals surface area contributed by atoms with Crippen molar-refractivity contribution >= 4 is 6.09 Å². The molecule has 0 bridgehead atoms. The number of likely N-dealkylation sites (tertiary alicyclic amines) is 1. The molecule has 166 valence electrons. The lowest BCUT2D eigenvalue weighted by molar-refractivity contribution is -0.0273. The molecule has 4 rings (SSSR count). The Bertz CT molecular complexity index is 558. The lowest BCUT2D eigenvalue weighted by atomic mass is 9.87. The van der Waals surface area contributed by atoms with E-state index in [0.29, 0.717) is 30.7 Å². The molecule has 9 nitrogen and oxygen atoms in total. The summed E-state index contributed by atoms with van der Waals surface area (Å²) in [5.41, 5.74) is 2.79. The summed E-state index contributed by atoms with van der Waals surface area (Å²) in [6.45, 7) is 9.61. The highest BCUT2D eigenvalue weighted by molar-refractivity contribution is 5.68. The van der Waals surface area contributed by atoms with Crippen molar-refractivity contribution in [3.05, 3.63) is 0 Å². The predicted octanol–water partition coefficient (Wildman–Crippen LogP) is 0.724. The van der Waals surface area contributed by atoms with Crippen LogP contribution in [0.25, 0.3) is 0 Å². The number of nitrogens with one attached hydrogen (secondary N) is 4. The minimum Gasteiger partial charge on any atom is -0.444 e. The number of hydrogen-bond acceptors (Lipinski definition) is 8. The highest BCUT2D eigenvalue weighted by Gasteiger charge is 2.40. The molecule has 0 saturated carbocycles. The first-order valence-electron chi connectivity index (χ1n) is 11.1. The van der Waals surface area contributed by atoms with Crippen molar-refractivity contribution in [3.63, 3.8) is 0 Å². The van der Waals surface area contributed by atoms with Gasteiger partial charge in [0, 0.05) is 31.1 Å². The van der Waals surface area contributed by atoms with Crippen LogP contribution in [0.2, 0.25) is 0 Å². The monoisotopic (exact) mass is 411 g/mol. The molecule has 0 aromatic heterocycles. The van der Waals surface area contributed by atoms with E-state index in [4.69, 9.17) is 14.3 Å². The van der Waals surface area contributed by atoms with Crippen molar-refractivity contribution in [2.24, 2.45) is 11.8 Å². The number of rotatable bonds is 3.